The molecule has 3 amide bonds. The van der Waals surface area contributed by atoms with E-state index in [1.165, 1.54) is 17.9 Å². The van der Waals surface area contributed by atoms with E-state index in [0.717, 1.165) is 11.1 Å². The maximum Gasteiger partial charge on any atom is 0.339 e. The van der Waals surface area contributed by atoms with Crippen molar-refractivity contribution in [2.75, 3.05) is 27.2 Å². The van der Waals surface area contributed by atoms with Crippen LogP contribution in [0.15, 0.2) is 66.3 Å². The molecular formula is C34H39N3O9. The van der Waals surface area contributed by atoms with Crippen LogP contribution in [0.2, 0.25) is 0 Å². The molecule has 1 heterocycles. The van der Waals surface area contributed by atoms with Crippen molar-refractivity contribution in [3.05, 3.63) is 88.5 Å². The highest BCUT2D eigenvalue weighted by atomic mass is 16.8. The van der Waals surface area contributed by atoms with Crippen LogP contribution in [0.25, 0.3) is 6.08 Å². The van der Waals surface area contributed by atoms with Crippen LogP contribution in [0.4, 0.5) is 0 Å². The number of carbonyl (C=O) groups excluding carboxylic acids is 4. The smallest absolute Gasteiger partial charge is 0.339 e. The van der Waals surface area contributed by atoms with E-state index in [0.29, 0.717) is 18.4 Å². The number of hydrogen-bond donors (Lipinski definition) is 4. The molecule has 3 aliphatic rings. The number of hydrogen-bond acceptors (Lipinski definition) is 9. The van der Waals surface area contributed by atoms with Gasteiger partial charge in [-0.05, 0) is 41.8 Å². The minimum atomic E-state index is -1.29. The molecule has 12 nitrogen and oxygen atoms in total. The Morgan fingerprint density at radius 3 is 2.39 bits per heavy atom. The van der Waals surface area contributed by atoms with E-state index in [1.54, 1.807) is 50.5 Å². The number of nitrogens with one attached hydrogen (secondary N) is 2. The molecule has 5 atom stereocenters. The summed E-state index contributed by atoms with van der Waals surface area (Å²) in [6, 6.07) is 13.3. The molecule has 0 saturated carbocycles. The second-order valence-corrected chi connectivity index (χ2v) is 11.9. The number of ether oxygens (including phenoxy) is 3. The zero-order chi connectivity index (χ0) is 33.0. The number of carbonyl (C=O) groups is 4. The highest BCUT2D eigenvalue weighted by Crippen LogP contribution is 2.45. The normalized spacial score (nSPS) is 22.4. The molecular weight excluding hydrogens is 594 g/mol. The highest BCUT2D eigenvalue weighted by molar-refractivity contribution is 5.98. The minimum absolute atomic E-state index is 0.0436. The van der Waals surface area contributed by atoms with Crippen molar-refractivity contribution < 1.29 is 43.6 Å². The zero-order valence-electron chi connectivity index (χ0n) is 26.0. The molecule has 2 aliphatic carbocycles. The van der Waals surface area contributed by atoms with Gasteiger partial charge in [-0.25, -0.2) is 4.79 Å². The molecule has 2 aromatic rings. The number of esters is 1. The van der Waals surface area contributed by atoms with Gasteiger partial charge in [0.1, 0.15) is 24.4 Å². The molecule has 1 fully saturated rings. The van der Waals surface area contributed by atoms with Gasteiger partial charge in [0.15, 0.2) is 5.79 Å². The molecule has 1 saturated heterocycles. The second-order valence-electron chi connectivity index (χ2n) is 11.9. The largest absolute Gasteiger partial charge is 0.456 e. The Kier molecular flexibility index (Phi) is 10.0. The van der Waals surface area contributed by atoms with Gasteiger partial charge in [0.25, 0.3) is 0 Å². The van der Waals surface area contributed by atoms with Crippen LogP contribution in [0.3, 0.4) is 0 Å². The van der Waals surface area contributed by atoms with Crippen molar-refractivity contribution >= 4 is 29.8 Å². The summed E-state index contributed by atoms with van der Waals surface area (Å²) in [6.07, 6.45) is 1.78. The first-order chi connectivity index (χ1) is 22.0. The second kappa shape index (κ2) is 14.0. The Labute approximate surface area is 267 Å². The van der Waals surface area contributed by atoms with E-state index in [-0.39, 0.29) is 36.6 Å². The van der Waals surface area contributed by atoms with E-state index in [1.807, 2.05) is 24.3 Å². The Morgan fingerprint density at radius 1 is 1.07 bits per heavy atom. The molecule has 0 aromatic heterocycles. The van der Waals surface area contributed by atoms with Crippen molar-refractivity contribution in [3.8, 4) is 0 Å². The fourth-order valence-corrected chi connectivity index (χ4v) is 5.93. The first-order valence-electron chi connectivity index (χ1n) is 15.2. The summed E-state index contributed by atoms with van der Waals surface area (Å²) in [4.78, 5) is 53.3. The monoisotopic (exact) mass is 633 g/mol. The number of benzene rings is 2. The Hall–Kier alpha value is -4.36. The van der Waals surface area contributed by atoms with Crippen LogP contribution >= 0.6 is 0 Å². The maximum atomic E-state index is 13.7. The van der Waals surface area contributed by atoms with Crippen LogP contribution in [0.1, 0.15) is 40.4 Å². The van der Waals surface area contributed by atoms with Crippen molar-refractivity contribution in [1.29, 1.82) is 0 Å². The molecule has 46 heavy (non-hydrogen) atoms. The molecule has 4 N–H and O–H groups in total. The predicted octanol–water partition coefficient (Wildman–Crippen LogP) is 0.897. The summed E-state index contributed by atoms with van der Waals surface area (Å²) < 4.78 is 19.1. The van der Waals surface area contributed by atoms with Gasteiger partial charge in [-0.2, -0.15) is 0 Å². The van der Waals surface area contributed by atoms with Crippen molar-refractivity contribution in [2.24, 2.45) is 0 Å². The van der Waals surface area contributed by atoms with Gasteiger partial charge in [0.2, 0.25) is 17.7 Å². The topological polar surface area (TPSA) is 164 Å². The van der Waals surface area contributed by atoms with Gasteiger partial charge < -0.3 is 40.0 Å². The van der Waals surface area contributed by atoms with Gasteiger partial charge in [0.05, 0.1) is 18.3 Å². The average molecular weight is 634 g/mol. The van der Waals surface area contributed by atoms with E-state index in [2.05, 4.69) is 10.6 Å². The number of rotatable bonds is 10. The van der Waals surface area contributed by atoms with Crippen molar-refractivity contribution in [3.63, 3.8) is 0 Å². The Morgan fingerprint density at radius 2 is 1.74 bits per heavy atom. The molecule has 0 bridgehead atoms. The molecule has 12 heteroatoms. The average Bonchev–Trinajstić information content (AvgIpc) is 3.58. The Bertz CT molecular complexity index is 1520. The third-order valence-electron chi connectivity index (χ3n) is 8.26. The number of fused-ring (bicyclic) bond motifs is 2. The molecule has 2 aromatic carbocycles. The van der Waals surface area contributed by atoms with Crippen LogP contribution in [0.5, 0.6) is 0 Å². The van der Waals surface area contributed by atoms with Gasteiger partial charge in [-0.15, -0.1) is 0 Å². The number of aliphatic hydroxyl groups excluding tert-OH is 2. The lowest BCUT2D eigenvalue weighted by molar-refractivity contribution is -0.172. The summed E-state index contributed by atoms with van der Waals surface area (Å²) in [5, 5.41) is 24.3. The SMILES string of the molecule is C[C@H](O)[C@@H](NC(=O)C1=C[C@H]2OC3(Cc4ccccc4C3)O[C@H]2[C@H](OC(=O)c2ccccc2C=CC(=O)N(C)C)C1)C(=O)NCCO. The molecule has 1 spiro atoms. The van der Waals surface area contributed by atoms with Crippen LogP contribution in [0, 0.1) is 0 Å². The van der Waals surface area contributed by atoms with E-state index < -0.39 is 54.0 Å². The third-order valence-corrected chi connectivity index (χ3v) is 8.26. The van der Waals surface area contributed by atoms with Crippen molar-refractivity contribution in [2.45, 2.75) is 62.4 Å². The summed E-state index contributed by atoms with van der Waals surface area (Å²) in [7, 11) is 3.25. The number of likely N-dealkylation sites (N-methyl/N-ethyl adjacent to an activating group) is 1. The summed E-state index contributed by atoms with van der Waals surface area (Å²) in [6.45, 7) is 1.02. The molecule has 0 radical (unpaired) electrons. The van der Waals surface area contributed by atoms with Gasteiger partial charge in [-0.3, -0.25) is 14.4 Å². The number of aliphatic hydroxyl groups is 2. The quantitative estimate of drug-likeness (QED) is 0.220. The van der Waals surface area contributed by atoms with Crippen LogP contribution in [-0.4, -0.2) is 102 Å². The lowest BCUT2D eigenvalue weighted by atomic mass is 9.91. The van der Waals surface area contributed by atoms with E-state index in [9.17, 15) is 24.3 Å². The molecule has 0 unspecified atom stereocenters. The lowest BCUT2D eigenvalue weighted by Gasteiger charge is -2.31. The van der Waals surface area contributed by atoms with Gasteiger partial charge in [-0.1, -0.05) is 42.5 Å². The van der Waals surface area contributed by atoms with Gasteiger partial charge in [0, 0.05) is 51.6 Å². The summed E-state index contributed by atoms with van der Waals surface area (Å²) >= 11 is 0. The van der Waals surface area contributed by atoms with E-state index >= 15 is 0 Å². The third kappa shape index (κ3) is 7.20. The maximum absolute atomic E-state index is 13.7. The molecule has 1 aliphatic heterocycles. The van der Waals surface area contributed by atoms with Gasteiger partial charge >= 0.3 is 5.97 Å². The molecule has 244 valence electrons. The molecule has 5 rings (SSSR count). The fourth-order valence-electron chi connectivity index (χ4n) is 5.93. The minimum Gasteiger partial charge on any atom is -0.456 e. The van der Waals surface area contributed by atoms with Crippen LogP contribution < -0.4 is 10.6 Å². The first-order valence-corrected chi connectivity index (χ1v) is 15.2. The highest BCUT2D eigenvalue weighted by Gasteiger charge is 2.55. The van der Waals surface area contributed by atoms with Crippen molar-refractivity contribution in [1.82, 2.24) is 15.5 Å². The summed E-state index contributed by atoms with van der Waals surface area (Å²) in [5.74, 6) is -3.23. The van der Waals surface area contributed by atoms with E-state index in [4.69, 9.17) is 19.3 Å². The predicted molar refractivity (Wildman–Crippen MR) is 166 cm³/mol. The first kappa shape index (κ1) is 33.0. The standard InChI is InChI=1S/C34H39N3O9/c1-20(39)29(32(42)35-14-15-38)36-31(41)24-16-26(44-33(43)25-11-7-6-8-21(25)12-13-28(40)37(2)3)30-27(17-24)45-34(46-30)18-22-9-4-5-10-23(22)19-34/h4-13,17,20,26-27,29-30,38-39H,14-16,18-19H2,1-3H3,(H,35,42)(H,36,41)/t20-,26+,27+,29+,30-/m0/s1. The van der Waals surface area contributed by atoms with Crippen LogP contribution in [-0.2, 0) is 41.4 Å². The Balaban J connectivity index is 1.41. The zero-order valence-corrected chi connectivity index (χ0v) is 26.0. The fraction of sp³-hybridized carbons (Fsp3) is 0.412. The lowest BCUT2D eigenvalue weighted by Crippen LogP contribution is -2.54. The number of amides is 3. The summed E-state index contributed by atoms with van der Waals surface area (Å²) in [5.41, 5.74) is 3.06. The number of nitrogens with zero attached hydrogens (tertiary/aromatic N) is 1.